The summed E-state index contributed by atoms with van der Waals surface area (Å²) in [4.78, 5) is 42.5. The van der Waals surface area contributed by atoms with Gasteiger partial charge in [-0.05, 0) is 49.7 Å². The number of carbonyl (C=O) groups is 1. The van der Waals surface area contributed by atoms with E-state index in [9.17, 15) is 9.59 Å². The Kier molecular flexibility index (Phi) is 8.02. The van der Waals surface area contributed by atoms with E-state index >= 15 is 0 Å². The highest BCUT2D eigenvalue weighted by Gasteiger charge is 2.20. The number of hydrogen-bond acceptors (Lipinski definition) is 7. The number of hydrogen-bond donors (Lipinski definition) is 2. The van der Waals surface area contributed by atoms with E-state index in [0.29, 0.717) is 38.9 Å². The number of nitrogens with two attached hydrogens (primary N) is 1. The first-order valence-corrected chi connectivity index (χ1v) is 13.4. The maximum atomic E-state index is 13.4. The van der Waals surface area contributed by atoms with Crippen molar-refractivity contribution in [3.63, 3.8) is 0 Å². The fraction of sp³-hybridized carbons (Fsp3) is 0.286. The predicted molar refractivity (Wildman–Crippen MR) is 154 cm³/mol. The summed E-state index contributed by atoms with van der Waals surface area (Å²) in [5.41, 5.74) is 8.18. The number of benzene rings is 2. The normalized spacial score (nSPS) is 13.6. The van der Waals surface area contributed by atoms with Gasteiger partial charge in [0, 0.05) is 24.2 Å². The molecule has 9 nitrogen and oxygen atoms in total. The minimum absolute atomic E-state index is 0.0216. The van der Waals surface area contributed by atoms with Crippen molar-refractivity contribution in [1.29, 1.82) is 0 Å². The summed E-state index contributed by atoms with van der Waals surface area (Å²) in [6.45, 7) is 3.74. The van der Waals surface area contributed by atoms with Gasteiger partial charge in [0.15, 0.2) is 11.5 Å². The second kappa shape index (κ2) is 11.6. The van der Waals surface area contributed by atoms with E-state index in [2.05, 4.69) is 20.2 Å². The Morgan fingerprint density at radius 3 is 2.44 bits per heavy atom. The van der Waals surface area contributed by atoms with Gasteiger partial charge < -0.3 is 20.8 Å². The number of carbonyl (C=O) groups excluding carboxylic acids is 1. The quantitative estimate of drug-likeness (QED) is 0.333. The van der Waals surface area contributed by atoms with Crippen molar-refractivity contribution in [1.82, 2.24) is 24.9 Å². The maximum absolute atomic E-state index is 13.4. The molecule has 1 aliphatic rings. The van der Waals surface area contributed by atoms with Gasteiger partial charge in [-0.25, -0.2) is 9.97 Å². The molecule has 0 bridgehead atoms. The highest BCUT2D eigenvalue weighted by molar-refractivity contribution is 6.39. The van der Waals surface area contributed by atoms with Gasteiger partial charge in [-0.1, -0.05) is 53.5 Å². The molecule has 0 atom stereocenters. The third-order valence-electron chi connectivity index (χ3n) is 6.79. The van der Waals surface area contributed by atoms with Crippen LogP contribution in [0.25, 0.3) is 33.5 Å². The van der Waals surface area contributed by atoms with Gasteiger partial charge in [0.05, 0.1) is 27.4 Å². The molecule has 3 N–H and O–H groups in total. The van der Waals surface area contributed by atoms with Gasteiger partial charge in [0.2, 0.25) is 5.91 Å². The lowest BCUT2D eigenvalue weighted by Gasteiger charge is -2.15. The zero-order valence-electron chi connectivity index (χ0n) is 21.4. The van der Waals surface area contributed by atoms with Crippen LogP contribution in [0.2, 0.25) is 10.0 Å². The summed E-state index contributed by atoms with van der Waals surface area (Å²) in [5, 5.41) is 4.03. The molecule has 11 heteroatoms. The minimum atomic E-state index is -0.491. The van der Waals surface area contributed by atoms with Gasteiger partial charge in [0.25, 0.3) is 5.56 Å². The number of nitrogens with zero attached hydrogens (tertiary/aromatic N) is 4. The lowest BCUT2D eigenvalue weighted by Crippen LogP contribution is -2.34. The molecular formula is C28H28Cl2N6O3. The molecule has 1 saturated heterocycles. The van der Waals surface area contributed by atoms with Crippen LogP contribution in [-0.2, 0) is 11.2 Å². The molecule has 0 spiro atoms. The maximum Gasteiger partial charge on any atom is 0.293 e. The number of rotatable bonds is 8. The first-order chi connectivity index (χ1) is 18.9. The number of fused-ring (bicyclic) bond motifs is 1. The summed E-state index contributed by atoms with van der Waals surface area (Å²) < 4.78 is 1.05. The Labute approximate surface area is 235 Å². The van der Waals surface area contributed by atoms with E-state index in [-0.39, 0.29) is 29.4 Å². The van der Waals surface area contributed by atoms with Crippen molar-refractivity contribution < 1.29 is 9.63 Å². The van der Waals surface area contributed by atoms with E-state index in [1.807, 2.05) is 24.3 Å². The van der Waals surface area contributed by atoms with Crippen LogP contribution < -0.4 is 21.4 Å². The van der Waals surface area contributed by atoms with Crippen LogP contribution in [0.4, 0.5) is 5.82 Å². The topological polar surface area (TPSA) is 115 Å². The predicted octanol–water partition coefficient (Wildman–Crippen LogP) is 3.83. The third kappa shape index (κ3) is 5.71. The van der Waals surface area contributed by atoms with Crippen molar-refractivity contribution in [3.05, 3.63) is 74.5 Å². The molecule has 1 aliphatic heterocycles. The van der Waals surface area contributed by atoms with E-state index in [4.69, 9.17) is 33.8 Å². The Hall–Kier alpha value is -3.66. The van der Waals surface area contributed by atoms with E-state index in [0.717, 1.165) is 29.9 Å². The molecule has 2 aromatic heterocycles. The smallest absolute Gasteiger partial charge is 0.293 e. The summed E-state index contributed by atoms with van der Waals surface area (Å²) in [7, 11) is 1.36. The Morgan fingerprint density at radius 2 is 1.77 bits per heavy atom. The van der Waals surface area contributed by atoms with Crippen molar-refractivity contribution in [3.8, 4) is 22.5 Å². The zero-order chi connectivity index (χ0) is 27.5. The monoisotopic (exact) mass is 566 g/mol. The number of halogens is 2. The molecule has 3 heterocycles. The number of pyridine rings is 1. The number of amides is 1. The summed E-state index contributed by atoms with van der Waals surface area (Å²) in [6.07, 6.45) is 2.74. The van der Waals surface area contributed by atoms with E-state index in [1.54, 1.807) is 24.3 Å². The number of nitrogen functional groups attached to an aromatic ring is 1. The highest BCUT2D eigenvalue weighted by atomic mass is 35.5. The summed E-state index contributed by atoms with van der Waals surface area (Å²) >= 11 is 12.7. The van der Waals surface area contributed by atoms with Crippen molar-refractivity contribution in [2.45, 2.75) is 19.3 Å². The van der Waals surface area contributed by atoms with Crippen LogP contribution >= 0.6 is 23.2 Å². The molecule has 1 fully saturated rings. The molecule has 0 aliphatic carbocycles. The molecule has 39 heavy (non-hydrogen) atoms. The number of anilines is 1. The minimum Gasteiger partial charge on any atom is -0.412 e. The molecule has 0 unspecified atom stereocenters. The van der Waals surface area contributed by atoms with Crippen LogP contribution in [0.5, 0.6) is 0 Å². The van der Waals surface area contributed by atoms with Crippen LogP contribution in [0, 0.1) is 0 Å². The molecule has 0 radical (unpaired) electrons. The summed E-state index contributed by atoms with van der Waals surface area (Å²) in [5.74, 6) is 0.453. The molecule has 2 aromatic carbocycles. The average Bonchev–Trinajstić information content (AvgIpc) is 3.43. The van der Waals surface area contributed by atoms with E-state index < -0.39 is 5.56 Å². The Bertz CT molecular complexity index is 1560. The number of nitrogens with one attached hydrogen (secondary N) is 1. The molecule has 4 aromatic rings. The number of aromatic nitrogens is 3. The van der Waals surface area contributed by atoms with Crippen molar-refractivity contribution in [2.75, 3.05) is 39.0 Å². The lowest BCUT2D eigenvalue weighted by molar-refractivity contribution is -0.120. The fourth-order valence-corrected chi connectivity index (χ4v) is 5.39. The van der Waals surface area contributed by atoms with Gasteiger partial charge in [-0.3, -0.25) is 9.59 Å². The Morgan fingerprint density at radius 1 is 1.08 bits per heavy atom. The first-order valence-electron chi connectivity index (χ1n) is 12.7. The first kappa shape index (κ1) is 26.9. The van der Waals surface area contributed by atoms with Crippen LogP contribution in [-0.4, -0.2) is 58.8 Å². The fourth-order valence-electron chi connectivity index (χ4n) is 4.79. The van der Waals surface area contributed by atoms with Gasteiger partial charge in [-0.2, -0.15) is 0 Å². The van der Waals surface area contributed by atoms with E-state index in [1.165, 1.54) is 20.0 Å². The second-order valence-electron chi connectivity index (χ2n) is 9.38. The highest BCUT2D eigenvalue weighted by Crippen LogP contribution is 2.34. The molecular weight excluding hydrogens is 539 g/mol. The van der Waals surface area contributed by atoms with Crippen LogP contribution in [0.15, 0.2) is 53.3 Å². The second-order valence-corrected chi connectivity index (χ2v) is 10.2. The molecule has 1 amide bonds. The summed E-state index contributed by atoms with van der Waals surface area (Å²) in [6, 6.07) is 13.9. The van der Waals surface area contributed by atoms with Gasteiger partial charge in [0.1, 0.15) is 12.9 Å². The lowest BCUT2D eigenvalue weighted by atomic mass is 10.1. The molecule has 0 saturated carbocycles. The third-order valence-corrected chi connectivity index (χ3v) is 7.42. The molecule has 202 valence electrons. The van der Waals surface area contributed by atoms with Gasteiger partial charge >= 0.3 is 0 Å². The van der Waals surface area contributed by atoms with Crippen LogP contribution in [0.1, 0.15) is 18.4 Å². The standard InChI is InChI=1S/C28H28Cl2N6O3/c1-39-36-27-20(16-19(28(36)38)24-21(29)5-4-6-22(24)30)25(31)33-26(34-27)18-9-7-17(8-10-18)15-23(37)32-11-14-35-12-2-3-13-35/h4-10,16H,2-3,11-15H2,1H3,(H,32,37)(H2,31,33,34). The van der Waals surface area contributed by atoms with Crippen molar-refractivity contribution in [2.24, 2.45) is 0 Å². The van der Waals surface area contributed by atoms with Gasteiger partial charge in [-0.15, -0.1) is 4.73 Å². The Balaban J connectivity index is 1.40. The molecule has 5 rings (SSSR count). The van der Waals surface area contributed by atoms with Crippen LogP contribution in [0.3, 0.4) is 0 Å². The zero-order valence-corrected chi connectivity index (χ0v) is 22.9. The number of likely N-dealkylation sites (tertiary alicyclic amines) is 1. The van der Waals surface area contributed by atoms with Crippen molar-refractivity contribution >= 4 is 46.0 Å². The largest absolute Gasteiger partial charge is 0.412 e. The SMILES string of the molecule is COn1c(=O)c(-c2c(Cl)cccc2Cl)cc2c(N)nc(-c3ccc(CC(=O)NCCN4CCCC4)cc3)nc21. The average molecular weight is 567 g/mol.